The summed E-state index contributed by atoms with van der Waals surface area (Å²) in [5.41, 5.74) is -0.158. The van der Waals surface area contributed by atoms with Gasteiger partial charge in [0.1, 0.15) is 23.7 Å². The zero-order chi connectivity index (χ0) is 13.7. The highest BCUT2D eigenvalue weighted by molar-refractivity contribution is 5.31. The highest BCUT2D eigenvalue weighted by Crippen LogP contribution is 2.22. The van der Waals surface area contributed by atoms with Crippen LogP contribution in [-0.4, -0.2) is 24.8 Å². The van der Waals surface area contributed by atoms with Crippen LogP contribution >= 0.6 is 0 Å². The fraction of sp³-hybridized carbons (Fsp3) is 0.625. The molecule has 0 bridgehead atoms. The standard InChI is InChI=1S/C16H25NO2/c1-16(2,3)19-15-9-7-14(8-10-15)18-12-13-6-4-5-11-17-13/h7-10,13,17H,4-6,11-12H2,1-3H3/t13-/m0/s1. The number of nitrogens with one attached hydrogen (secondary N) is 1. The van der Waals surface area contributed by atoms with Crippen molar-refractivity contribution in [2.45, 2.75) is 51.7 Å². The summed E-state index contributed by atoms with van der Waals surface area (Å²) >= 11 is 0. The molecule has 1 atom stereocenters. The molecule has 1 fully saturated rings. The van der Waals surface area contributed by atoms with E-state index < -0.39 is 0 Å². The first-order chi connectivity index (χ1) is 9.03. The van der Waals surface area contributed by atoms with E-state index in [1.165, 1.54) is 19.3 Å². The van der Waals surface area contributed by atoms with Gasteiger partial charge in [0.15, 0.2) is 0 Å². The Morgan fingerprint density at radius 1 is 1.11 bits per heavy atom. The van der Waals surface area contributed by atoms with E-state index in [9.17, 15) is 0 Å². The lowest BCUT2D eigenvalue weighted by atomic mass is 10.1. The maximum absolute atomic E-state index is 5.81. The Balaban J connectivity index is 1.81. The molecule has 1 aliphatic rings. The van der Waals surface area contributed by atoms with Crippen LogP contribution in [0, 0.1) is 0 Å². The normalized spacial score (nSPS) is 20.1. The van der Waals surface area contributed by atoms with Gasteiger partial charge in [-0.1, -0.05) is 6.42 Å². The van der Waals surface area contributed by atoms with Crippen molar-refractivity contribution in [1.29, 1.82) is 0 Å². The summed E-state index contributed by atoms with van der Waals surface area (Å²) in [6.07, 6.45) is 3.81. The summed E-state index contributed by atoms with van der Waals surface area (Å²) in [4.78, 5) is 0. The van der Waals surface area contributed by atoms with E-state index in [-0.39, 0.29) is 5.60 Å². The molecule has 1 heterocycles. The molecule has 106 valence electrons. The van der Waals surface area contributed by atoms with Crippen molar-refractivity contribution in [3.05, 3.63) is 24.3 Å². The van der Waals surface area contributed by atoms with Crippen LogP contribution in [0.4, 0.5) is 0 Å². The van der Waals surface area contributed by atoms with E-state index in [0.717, 1.165) is 24.7 Å². The van der Waals surface area contributed by atoms with Gasteiger partial charge in [-0.25, -0.2) is 0 Å². The summed E-state index contributed by atoms with van der Waals surface area (Å²) in [5.74, 6) is 1.80. The number of piperidine rings is 1. The van der Waals surface area contributed by atoms with Crippen LogP contribution in [0.1, 0.15) is 40.0 Å². The molecule has 1 aromatic rings. The minimum Gasteiger partial charge on any atom is -0.492 e. The Labute approximate surface area is 116 Å². The average molecular weight is 263 g/mol. The van der Waals surface area contributed by atoms with Crippen molar-refractivity contribution in [2.75, 3.05) is 13.2 Å². The number of ether oxygens (including phenoxy) is 2. The summed E-state index contributed by atoms with van der Waals surface area (Å²) in [5, 5.41) is 3.48. The van der Waals surface area contributed by atoms with Gasteiger partial charge >= 0.3 is 0 Å². The van der Waals surface area contributed by atoms with E-state index in [1.54, 1.807) is 0 Å². The molecular weight excluding hydrogens is 238 g/mol. The summed E-state index contributed by atoms with van der Waals surface area (Å²) in [6.45, 7) is 8.01. The van der Waals surface area contributed by atoms with Crippen molar-refractivity contribution in [3.63, 3.8) is 0 Å². The quantitative estimate of drug-likeness (QED) is 0.903. The molecule has 1 aromatic carbocycles. The molecule has 1 aliphatic heterocycles. The van der Waals surface area contributed by atoms with Crippen LogP contribution < -0.4 is 14.8 Å². The molecule has 0 spiro atoms. The van der Waals surface area contributed by atoms with Crippen LogP contribution in [0.3, 0.4) is 0 Å². The second kappa shape index (κ2) is 6.29. The topological polar surface area (TPSA) is 30.5 Å². The second-order valence-corrected chi connectivity index (χ2v) is 6.14. The van der Waals surface area contributed by atoms with Crippen molar-refractivity contribution in [2.24, 2.45) is 0 Å². The Bertz CT molecular complexity index is 375. The lowest BCUT2D eigenvalue weighted by molar-refractivity contribution is 0.130. The van der Waals surface area contributed by atoms with Gasteiger partial charge in [0.05, 0.1) is 0 Å². The first-order valence-electron chi connectivity index (χ1n) is 7.18. The van der Waals surface area contributed by atoms with Crippen molar-refractivity contribution < 1.29 is 9.47 Å². The molecule has 0 saturated carbocycles. The molecule has 1 N–H and O–H groups in total. The lowest BCUT2D eigenvalue weighted by Gasteiger charge is -2.24. The lowest BCUT2D eigenvalue weighted by Crippen LogP contribution is -2.38. The van der Waals surface area contributed by atoms with Crippen LogP contribution in [0.25, 0.3) is 0 Å². The van der Waals surface area contributed by atoms with Gasteiger partial charge in [-0.2, -0.15) is 0 Å². The number of hydrogen-bond acceptors (Lipinski definition) is 3. The van der Waals surface area contributed by atoms with Gasteiger partial charge in [-0.15, -0.1) is 0 Å². The smallest absolute Gasteiger partial charge is 0.120 e. The Morgan fingerprint density at radius 2 is 1.79 bits per heavy atom. The molecule has 1 saturated heterocycles. The summed E-state index contributed by atoms with van der Waals surface area (Å²) < 4.78 is 11.6. The maximum atomic E-state index is 5.81. The van der Waals surface area contributed by atoms with Gasteiger partial charge in [-0.05, 0) is 64.4 Å². The van der Waals surface area contributed by atoms with Gasteiger partial charge in [0, 0.05) is 6.04 Å². The van der Waals surface area contributed by atoms with Crippen molar-refractivity contribution in [3.8, 4) is 11.5 Å². The molecule has 0 radical (unpaired) electrons. The first kappa shape index (κ1) is 14.2. The van der Waals surface area contributed by atoms with Crippen LogP contribution in [0.2, 0.25) is 0 Å². The average Bonchev–Trinajstić information content (AvgIpc) is 2.37. The molecule has 3 heteroatoms. The fourth-order valence-corrected chi connectivity index (χ4v) is 2.22. The maximum Gasteiger partial charge on any atom is 0.120 e. The molecule has 0 aliphatic carbocycles. The minimum absolute atomic E-state index is 0.158. The number of rotatable bonds is 4. The number of hydrogen-bond donors (Lipinski definition) is 1. The second-order valence-electron chi connectivity index (χ2n) is 6.14. The van der Waals surface area contributed by atoms with Gasteiger partial charge in [0.2, 0.25) is 0 Å². The summed E-state index contributed by atoms with van der Waals surface area (Å²) in [6, 6.07) is 8.39. The number of benzene rings is 1. The molecule has 0 aromatic heterocycles. The fourth-order valence-electron chi connectivity index (χ4n) is 2.22. The largest absolute Gasteiger partial charge is 0.492 e. The third-order valence-electron chi connectivity index (χ3n) is 3.11. The molecular formula is C16H25NO2. The SMILES string of the molecule is CC(C)(C)Oc1ccc(OC[C@@H]2CCCCN2)cc1. The first-order valence-corrected chi connectivity index (χ1v) is 7.18. The van der Waals surface area contributed by atoms with Gasteiger partial charge in [0.25, 0.3) is 0 Å². The van der Waals surface area contributed by atoms with Gasteiger partial charge < -0.3 is 14.8 Å². The van der Waals surface area contributed by atoms with E-state index >= 15 is 0 Å². The molecule has 0 unspecified atom stereocenters. The van der Waals surface area contributed by atoms with Gasteiger partial charge in [-0.3, -0.25) is 0 Å². The minimum atomic E-state index is -0.158. The third-order valence-corrected chi connectivity index (χ3v) is 3.11. The third kappa shape index (κ3) is 5.11. The Morgan fingerprint density at radius 3 is 2.37 bits per heavy atom. The zero-order valence-electron chi connectivity index (χ0n) is 12.2. The van der Waals surface area contributed by atoms with E-state index in [1.807, 2.05) is 45.0 Å². The van der Waals surface area contributed by atoms with Crippen molar-refractivity contribution >= 4 is 0 Å². The van der Waals surface area contributed by atoms with E-state index in [4.69, 9.17) is 9.47 Å². The highest BCUT2D eigenvalue weighted by Gasteiger charge is 2.13. The van der Waals surface area contributed by atoms with E-state index in [2.05, 4.69) is 5.32 Å². The molecule has 19 heavy (non-hydrogen) atoms. The Hall–Kier alpha value is -1.22. The monoisotopic (exact) mass is 263 g/mol. The van der Waals surface area contributed by atoms with E-state index in [0.29, 0.717) is 6.04 Å². The molecule has 0 amide bonds. The van der Waals surface area contributed by atoms with Crippen LogP contribution in [-0.2, 0) is 0 Å². The Kier molecular flexibility index (Phi) is 4.70. The summed E-state index contributed by atoms with van der Waals surface area (Å²) in [7, 11) is 0. The zero-order valence-corrected chi connectivity index (χ0v) is 12.2. The predicted octanol–water partition coefficient (Wildman–Crippen LogP) is 3.38. The van der Waals surface area contributed by atoms with Crippen LogP contribution in [0.5, 0.6) is 11.5 Å². The molecule has 2 rings (SSSR count). The molecule has 3 nitrogen and oxygen atoms in total. The highest BCUT2D eigenvalue weighted by atomic mass is 16.5. The van der Waals surface area contributed by atoms with Crippen LogP contribution in [0.15, 0.2) is 24.3 Å². The van der Waals surface area contributed by atoms with Crippen molar-refractivity contribution in [1.82, 2.24) is 5.32 Å². The predicted molar refractivity (Wildman–Crippen MR) is 78.0 cm³/mol.